The molecule has 0 saturated heterocycles. The van der Waals surface area contributed by atoms with Gasteiger partial charge in [0, 0.05) is 10.2 Å². The molecular formula is C12H5BrCl3F3N2. The van der Waals surface area contributed by atoms with Crippen molar-refractivity contribution in [3.63, 3.8) is 0 Å². The van der Waals surface area contributed by atoms with Gasteiger partial charge in [-0.25, -0.2) is 4.98 Å². The predicted molar refractivity (Wildman–Crippen MR) is 81.7 cm³/mol. The maximum atomic E-state index is 12.8. The van der Waals surface area contributed by atoms with Crippen molar-refractivity contribution in [2.45, 2.75) is 6.18 Å². The van der Waals surface area contributed by atoms with E-state index in [9.17, 15) is 13.2 Å². The van der Waals surface area contributed by atoms with Gasteiger partial charge in [-0.15, -0.1) is 0 Å². The molecule has 2 nitrogen and oxygen atoms in total. The van der Waals surface area contributed by atoms with Crippen molar-refractivity contribution >= 4 is 62.2 Å². The number of hydrogen-bond acceptors (Lipinski definition) is 2. The number of hydrogen-bond donors (Lipinski definition) is 1. The summed E-state index contributed by atoms with van der Waals surface area (Å²) in [6.07, 6.45) is -4.48. The first-order valence-corrected chi connectivity index (χ1v) is 7.26. The molecule has 0 spiro atoms. The molecule has 112 valence electrons. The number of rotatable bonds is 2. The predicted octanol–water partition coefficient (Wildman–Crippen LogP) is 6.57. The molecule has 1 aromatic carbocycles. The molecule has 0 aliphatic carbocycles. The Hall–Kier alpha value is -0.690. The molecule has 0 atom stereocenters. The standard InChI is InChI=1S/C12H5BrCl3F3N2/c13-7-2-1-5(3-6(7)12(17,18)19)20-11-9(15)4-8(14)10(16)21-11/h1-4H,(H,20,21). The fourth-order valence-electron chi connectivity index (χ4n) is 1.49. The third-order valence-electron chi connectivity index (χ3n) is 2.42. The number of nitrogens with one attached hydrogen (secondary N) is 1. The lowest BCUT2D eigenvalue weighted by molar-refractivity contribution is -0.138. The molecular weight excluding hydrogens is 415 g/mol. The molecule has 0 aliphatic rings. The van der Waals surface area contributed by atoms with Crippen LogP contribution >= 0.6 is 50.7 Å². The van der Waals surface area contributed by atoms with Gasteiger partial charge in [-0.2, -0.15) is 13.2 Å². The lowest BCUT2D eigenvalue weighted by Gasteiger charge is -2.13. The van der Waals surface area contributed by atoms with Crippen LogP contribution in [0.5, 0.6) is 0 Å². The first-order chi connectivity index (χ1) is 9.68. The Labute approximate surface area is 141 Å². The highest BCUT2D eigenvalue weighted by Gasteiger charge is 2.33. The summed E-state index contributed by atoms with van der Waals surface area (Å²) in [6, 6.07) is 5.01. The average molecular weight is 420 g/mol. The monoisotopic (exact) mass is 418 g/mol. The van der Waals surface area contributed by atoms with E-state index in [1.807, 2.05) is 0 Å². The van der Waals surface area contributed by atoms with Crippen LogP contribution in [0.2, 0.25) is 15.2 Å². The molecule has 1 N–H and O–H groups in total. The van der Waals surface area contributed by atoms with Gasteiger partial charge in [-0.1, -0.05) is 50.7 Å². The van der Waals surface area contributed by atoms with Crippen LogP contribution in [0.4, 0.5) is 24.7 Å². The highest BCUT2D eigenvalue weighted by molar-refractivity contribution is 9.10. The highest BCUT2D eigenvalue weighted by Crippen LogP contribution is 2.37. The van der Waals surface area contributed by atoms with Gasteiger partial charge in [-0.05, 0) is 24.3 Å². The van der Waals surface area contributed by atoms with Crippen molar-refractivity contribution < 1.29 is 13.2 Å². The van der Waals surface area contributed by atoms with Gasteiger partial charge >= 0.3 is 6.18 Å². The molecule has 2 aromatic rings. The van der Waals surface area contributed by atoms with Crippen molar-refractivity contribution in [1.29, 1.82) is 0 Å². The van der Waals surface area contributed by atoms with Gasteiger partial charge < -0.3 is 5.32 Å². The molecule has 9 heteroatoms. The van der Waals surface area contributed by atoms with E-state index in [-0.39, 0.29) is 31.2 Å². The van der Waals surface area contributed by atoms with Crippen LogP contribution in [0.1, 0.15) is 5.56 Å². The maximum Gasteiger partial charge on any atom is 0.417 e. The van der Waals surface area contributed by atoms with Crippen LogP contribution in [-0.4, -0.2) is 4.98 Å². The van der Waals surface area contributed by atoms with Crippen molar-refractivity contribution in [3.05, 3.63) is 49.5 Å². The summed E-state index contributed by atoms with van der Waals surface area (Å²) in [5, 5.41) is 2.96. The third kappa shape index (κ3) is 3.94. The van der Waals surface area contributed by atoms with E-state index < -0.39 is 11.7 Å². The summed E-state index contributed by atoms with van der Waals surface area (Å²) in [4.78, 5) is 3.88. The van der Waals surface area contributed by atoms with Gasteiger partial charge in [0.05, 0.1) is 15.6 Å². The average Bonchev–Trinajstić information content (AvgIpc) is 2.37. The molecule has 2 rings (SSSR count). The van der Waals surface area contributed by atoms with Crippen molar-refractivity contribution in [2.24, 2.45) is 0 Å². The van der Waals surface area contributed by atoms with Gasteiger partial charge in [0.2, 0.25) is 0 Å². The van der Waals surface area contributed by atoms with Crippen LogP contribution in [0.3, 0.4) is 0 Å². The smallest absolute Gasteiger partial charge is 0.339 e. The fraction of sp³-hybridized carbons (Fsp3) is 0.0833. The Kier molecular flexibility index (Phi) is 4.92. The minimum Gasteiger partial charge on any atom is -0.339 e. The van der Waals surface area contributed by atoms with Crippen LogP contribution in [-0.2, 0) is 6.18 Å². The molecule has 0 saturated carbocycles. The van der Waals surface area contributed by atoms with Crippen molar-refractivity contribution in [1.82, 2.24) is 4.98 Å². The normalized spacial score (nSPS) is 11.6. The molecule has 0 fully saturated rings. The SMILES string of the molecule is FC(F)(F)c1cc(Nc2nc(Cl)c(Cl)cc2Cl)ccc1Br. The van der Waals surface area contributed by atoms with E-state index in [4.69, 9.17) is 34.8 Å². The summed E-state index contributed by atoms with van der Waals surface area (Å²) < 4.78 is 38.4. The number of aromatic nitrogens is 1. The van der Waals surface area contributed by atoms with E-state index in [0.29, 0.717) is 0 Å². The van der Waals surface area contributed by atoms with Gasteiger partial charge in [-0.3, -0.25) is 0 Å². The second kappa shape index (κ2) is 6.20. The fourth-order valence-corrected chi connectivity index (χ4v) is 2.51. The maximum absolute atomic E-state index is 12.8. The molecule has 21 heavy (non-hydrogen) atoms. The van der Waals surface area contributed by atoms with E-state index >= 15 is 0 Å². The first-order valence-electron chi connectivity index (χ1n) is 5.34. The highest BCUT2D eigenvalue weighted by atomic mass is 79.9. The van der Waals surface area contributed by atoms with Crippen LogP contribution < -0.4 is 5.32 Å². The number of halogens is 7. The molecule has 0 amide bonds. The molecule has 0 radical (unpaired) electrons. The Morgan fingerprint density at radius 2 is 1.71 bits per heavy atom. The Morgan fingerprint density at radius 3 is 2.33 bits per heavy atom. The second-order valence-electron chi connectivity index (χ2n) is 3.91. The van der Waals surface area contributed by atoms with Crippen LogP contribution in [0, 0.1) is 0 Å². The van der Waals surface area contributed by atoms with Crippen LogP contribution in [0.25, 0.3) is 0 Å². The molecule has 1 aromatic heterocycles. The minimum absolute atomic E-state index is 0.00303. The van der Waals surface area contributed by atoms with Gasteiger partial charge in [0.25, 0.3) is 0 Å². The van der Waals surface area contributed by atoms with E-state index in [2.05, 4.69) is 26.2 Å². The van der Waals surface area contributed by atoms with Crippen molar-refractivity contribution in [2.75, 3.05) is 5.32 Å². The lowest BCUT2D eigenvalue weighted by Crippen LogP contribution is -2.07. The minimum atomic E-state index is -4.48. The van der Waals surface area contributed by atoms with Gasteiger partial charge in [0.1, 0.15) is 5.15 Å². The number of alkyl halides is 3. The zero-order valence-corrected chi connectivity index (χ0v) is 13.8. The summed E-state index contributed by atoms with van der Waals surface area (Å²) in [6.45, 7) is 0. The topological polar surface area (TPSA) is 24.9 Å². The van der Waals surface area contributed by atoms with E-state index in [0.717, 1.165) is 6.07 Å². The summed E-state index contributed by atoms with van der Waals surface area (Å²) >= 11 is 20.3. The number of pyridine rings is 1. The zero-order valence-electron chi connectivity index (χ0n) is 9.90. The first kappa shape index (κ1) is 16.7. The third-order valence-corrected chi connectivity index (χ3v) is 4.07. The number of nitrogens with zero attached hydrogens (tertiary/aromatic N) is 1. The summed E-state index contributed by atoms with van der Waals surface area (Å²) in [5.74, 6) is 0.113. The van der Waals surface area contributed by atoms with Gasteiger partial charge in [0.15, 0.2) is 5.82 Å². The molecule has 0 unspecified atom stereocenters. The molecule has 1 heterocycles. The number of benzene rings is 1. The van der Waals surface area contributed by atoms with Crippen molar-refractivity contribution in [3.8, 4) is 0 Å². The largest absolute Gasteiger partial charge is 0.417 e. The van der Waals surface area contributed by atoms with E-state index in [1.54, 1.807) is 0 Å². The van der Waals surface area contributed by atoms with E-state index in [1.165, 1.54) is 18.2 Å². The zero-order chi connectivity index (χ0) is 15.8. The lowest BCUT2D eigenvalue weighted by atomic mass is 10.2. The summed E-state index contributed by atoms with van der Waals surface area (Å²) in [7, 11) is 0. The second-order valence-corrected chi connectivity index (χ2v) is 5.94. The Morgan fingerprint density at radius 1 is 1.05 bits per heavy atom. The Balaban J connectivity index is 2.39. The number of anilines is 2. The Bertz CT molecular complexity index is 692. The van der Waals surface area contributed by atoms with Crippen LogP contribution in [0.15, 0.2) is 28.7 Å². The molecule has 0 bridgehead atoms. The molecule has 0 aliphatic heterocycles. The quantitative estimate of drug-likeness (QED) is 0.556. The summed E-state index contributed by atoms with van der Waals surface area (Å²) in [5.41, 5.74) is -0.651.